The molecule has 0 amide bonds. The number of hydrogen-bond donors (Lipinski definition) is 0. The molecule has 0 aliphatic heterocycles. The normalized spacial score (nSPS) is 11.9. The van der Waals surface area contributed by atoms with Gasteiger partial charge in [-0.15, -0.1) is 0 Å². The van der Waals surface area contributed by atoms with E-state index in [1.54, 1.807) is 6.92 Å². The lowest BCUT2D eigenvalue weighted by atomic mass is 10.5. The van der Waals surface area contributed by atoms with Crippen LogP contribution in [0.15, 0.2) is 0 Å². The molecule has 0 aromatic heterocycles. The Morgan fingerprint density at radius 1 is 1.50 bits per heavy atom. The molecule has 0 aromatic rings. The van der Waals surface area contributed by atoms with Crippen molar-refractivity contribution >= 4 is 11.9 Å². The molecule has 1 unspecified atom stereocenters. The van der Waals surface area contributed by atoms with Crippen molar-refractivity contribution in [2.24, 2.45) is 0 Å². The molecular weight excluding hydrogens is 167 g/mol. The first-order chi connectivity index (χ1) is 5.56. The Bertz CT molecular complexity index is 169. The lowest BCUT2D eigenvalue weighted by molar-refractivity contribution is -0.168. The zero-order valence-electron chi connectivity index (χ0n) is 7.00. The van der Waals surface area contributed by atoms with E-state index in [4.69, 9.17) is 0 Å². The van der Waals surface area contributed by atoms with Gasteiger partial charge in [-0.05, 0) is 0 Å². The summed E-state index contributed by atoms with van der Waals surface area (Å²) in [7, 11) is 0. The second-order valence-corrected chi connectivity index (χ2v) is 2.06. The summed E-state index contributed by atoms with van der Waals surface area (Å²) in [6.07, 6.45) is -1.76. The molecule has 5 heteroatoms. The van der Waals surface area contributed by atoms with Gasteiger partial charge in [0.15, 0.2) is 6.61 Å². The van der Waals surface area contributed by atoms with Crippen molar-refractivity contribution in [3.63, 3.8) is 0 Å². The molecule has 0 aliphatic carbocycles. The van der Waals surface area contributed by atoms with Gasteiger partial charge in [0.1, 0.15) is 0 Å². The predicted octanol–water partition coefficient (Wildman–Crippen LogP) is 0.798. The van der Waals surface area contributed by atoms with E-state index in [0.29, 0.717) is 0 Å². The molecule has 0 radical (unpaired) electrons. The first-order valence-corrected chi connectivity index (χ1v) is 3.53. The van der Waals surface area contributed by atoms with Crippen LogP contribution in [0.25, 0.3) is 0 Å². The van der Waals surface area contributed by atoms with Gasteiger partial charge in [0.25, 0.3) is 6.36 Å². The largest absolute Gasteiger partial charge is 0.459 e. The first-order valence-electron chi connectivity index (χ1n) is 3.53. The molecule has 4 nitrogen and oxygen atoms in total. The molecule has 0 spiro atoms. The van der Waals surface area contributed by atoms with Gasteiger partial charge in [0.05, 0.1) is 0 Å². The maximum atomic E-state index is 12.5. The number of alkyl halides is 1. The van der Waals surface area contributed by atoms with Crippen LogP contribution in [-0.4, -0.2) is 24.9 Å². The molecule has 0 bridgehead atoms. The number of ether oxygens (including phenoxy) is 2. The fourth-order valence-electron chi connectivity index (χ4n) is 0.443. The maximum absolute atomic E-state index is 12.5. The highest BCUT2D eigenvalue weighted by atomic mass is 19.1. The van der Waals surface area contributed by atoms with Crippen molar-refractivity contribution in [3.8, 4) is 0 Å². The molecule has 1 atom stereocenters. The van der Waals surface area contributed by atoms with Crippen molar-refractivity contribution < 1.29 is 23.5 Å². The van der Waals surface area contributed by atoms with Crippen LogP contribution in [0.5, 0.6) is 0 Å². The van der Waals surface area contributed by atoms with Crippen molar-refractivity contribution in [2.75, 3.05) is 6.61 Å². The highest BCUT2D eigenvalue weighted by Gasteiger charge is 2.12. The van der Waals surface area contributed by atoms with Crippen molar-refractivity contribution in [3.05, 3.63) is 0 Å². The van der Waals surface area contributed by atoms with Crippen LogP contribution >= 0.6 is 0 Å². The van der Waals surface area contributed by atoms with E-state index in [9.17, 15) is 14.0 Å². The zero-order chi connectivity index (χ0) is 9.56. The van der Waals surface area contributed by atoms with E-state index < -0.39 is 24.9 Å². The Morgan fingerprint density at radius 3 is 2.50 bits per heavy atom. The van der Waals surface area contributed by atoms with Crippen LogP contribution in [-0.2, 0) is 19.1 Å². The molecular formula is C7H11FO4. The zero-order valence-corrected chi connectivity index (χ0v) is 7.00. The predicted molar refractivity (Wildman–Crippen MR) is 37.9 cm³/mol. The van der Waals surface area contributed by atoms with Crippen molar-refractivity contribution in [2.45, 2.75) is 26.6 Å². The summed E-state index contributed by atoms with van der Waals surface area (Å²) in [5, 5.41) is 0. The van der Waals surface area contributed by atoms with E-state index in [1.165, 1.54) is 0 Å². The third-order valence-corrected chi connectivity index (χ3v) is 0.966. The van der Waals surface area contributed by atoms with Gasteiger partial charge in [0, 0.05) is 13.3 Å². The smallest absolute Gasteiger partial charge is 0.308 e. The third kappa shape index (κ3) is 5.64. The lowest BCUT2D eigenvalue weighted by Crippen LogP contribution is -2.19. The molecule has 0 saturated carbocycles. The topological polar surface area (TPSA) is 52.6 Å². The number of carbonyl (C=O) groups is 2. The summed E-state index contributed by atoms with van der Waals surface area (Å²) in [6.45, 7) is 2.15. The second kappa shape index (κ2) is 5.51. The molecule has 0 fully saturated rings. The van der Waals surface area contributed by atoms with Crippen LogP contribution in [0.2, 0.25) is 0 Å². The fraction of sp³-hybridized carbons (Fsp3) is 0.714. The Labute approximate surface area is 69.6 Å². The number of carbonyl (C=O) groups excluding carboxylic acids is 2. The Balaban J connectivity index is 3.52. The van der Waals surface area contributed by atoms with E-state index >= 15 is 0 Å². The van der Waals surface area contributed by atoms with Crippen molar-refractivity contribution in [1.29, 1.82) is 0 Å². The average Bonchev–Trinajstić information content (AvgIpc) is 2.00. The SMILES string of the molecule is CCC(=O)OC(F)COC(C)=O. The van der Waals surface area contributed by atoms with Gasteiger partial charge in [-0.1, -0.05) is 6.92 Å². The number of esters is 2. The van der Waals surface area contributed by atoms with Gasteiger partial charge in [-0.25, -0.2) is 0 Å². The summed E-state index contributed by atoms with van der Waals surface area (Å²) in [6, 6.07) is 0. The monoisotopic (exact) mass is 178 g/mol. The van der Waals surface area contributed by atoms with Crippen LogP contribution in [0, 0.1) is 0 Å². The Hall–Kier alpha value is -1.13. The molecule has 0 aliphatic rings. The van der Waals surface area contributed by atoms with Crippen LogP contribution in [0.3, 0.4) is 0 Å². The lowest BCUT2D eigenvalue weighted by Gasteiger charge is -2.08. The van der Waals surface area contributed by atoms with Gasteiger partial charge in [-0.3, -0.25) is 9.59 Å². The number of halogens is 1. The van der Waals surface area contributed by atoms with E-state index in [1.807, 2.05) is 0 Å². The molecule has 0 aromatic carbocycles. The Kier molecular flexibility index (Phi) is 4.99. The minimum absolute atomic E-state index is 0.0977. The molecule has 70 valence electrons. The number of rotatable bonds is 4. The van der Waals surface area contributed by atoms with Gasteiger partial charge >= 0.3 is 11.9 Å². The van der Waals surface area contributed by atoms with Crippen LogP contribution in [0.4, 0.5) is 4.39 Å². The fourth-order valence-corrected chi connectivity index (χ4v) is 0.443. The van der Waals surface area contributed by atoms with Crippen molar-refractivity contribution in [1.82, 2.24) is 0 Å². The highest BCUT2D eigenvalue weighted by molar-refractivity contribution is 5.69. The Morgan fingerprint density at radius 2 is 2.08 bits per heavy atom. The molecule has 0 N–H and O–H groups in total. The summed E-state index contributed by atoms with van der Waals surface area (Å²) in [5.74, 6) is -1.26. The van der Waals surface area contributed by atoms with E-state index in [2.05, 4.69) is 9.47 Å². The van der Waals surface area contributed by atoms with Crippen LogP contribution < -0.4 is 0 Å². The maximum Gasteiger partial charge on any atom is 0.308 e. The minimum Gasteiger partial charge on any atom is -0.459 e. The van der Waals surface area contributed by atoms with Crippen LogP contribution in [0.1, 0.15) is 20.3 Å². The molecule has 0 heterocycles. The highest BCUT2D eigenvalue weighted by Crippen LogP contribution is 1.97. The summed E-state index contributed by atoms with van der Waals surface area (Å²) < 4.78 is 20.9. The quantitative estimate of drug-likeness (QED) is 0.597. The van der Waals surface area contributed by atoms with Gasteiger partial charge < -0.3 is 9.47 Å². The van der Waals surface area contributed by atoms with Gasteiger partial charge in [-0.2, -0.15) is 4.39 Å². The average molecular weight is 178 g/mol. The molecule has 12 heavy (non-hydrogen) atoms. The first kappa shape index (κ1) is 10.9. The van der Waals surface area contributed by atoms with E-state index in [0.717, 1.165) is 6.92 Å². The molecule has 0 saturated heterocycles. The minimum atomic E-state index is -1.86. The second-order valence-electron chi connectivity index (χ2n) is 2.06. The van der Waals surface area contributed by atoms with Gasteiger partial charge in [0.2, 0.25) is 0 Å². The summed E-state index contributed by atoms with van der Waals surface area (Å²) in [5.41, 5.74) is 0. The standard InChI is InChI=1S/C7H11FO4/c1-3-7(10)12-6(8)4-11-5(2)9/h6H,3-4H2,1-2H3. The summed E-state index contributed by atoms with van der Waals surface area (Å²) in [4.78, 5) is 20.6. The number of hydrogen-bond acceptors (Lipinski definition) is 4. The third-order valence-electron chi connectivity index (χ3n) is 0.966. The summed E-state index contributed by atoms with van der Waals surface area (Å²) >= 11 is 0. The van der Waals surface area contributed by atoms with E-state index in [-0.39, 0.29) is 6.42 Å². The molecule has 0 rings (SSSR count).